The van der Waals surface area contributed by atoms with Gasteiger partial charge in [-0.25, -0.2) is 24.7 Å². The highest BCUT2D eigenvalue weighted by Crippen LogP contribution is 2.42. The number of carbonyl (C=O) groups is 1. The maximum atomic E-state index is 11.9. The van der Waals surface area contributed by atoms with E-state index >= 15 is 0 Å². The van der Waals surface area contributed by atoms with Crippen molar-refractivity contribution in [2.45, 2.75) is 43.7 Å². The van der Waals surface area contributed by atoms with Crippen molar-refractivity contribution in [3.63, 3.8) is 0 Å². The molecular weight excluding hydrogens is 584 g/mol. The second kappa shape index (κ2) is 11.9. The molecule has 0 aromatic carbocycles. The summed E-state index contributed by atoms with van der Waals surface area (Å²) in [5.41, 5.74) is 2.75. The lowest BCUT2D eigenvalue weighted by atomic mass is 9.81. The molecule has 1 N–H and O–H groups in total. The number of piperidine rings is 1. The van der Waals surface area contributed by atoms with E-state index in [1.165, 1.54) is 19.0 Å². The summed E-state index contributed by atoms with van der Waals surface area (Å²) in [7, 11) is 3.61. The van der Waals surface area contributed by atoms with Crippen LogP contribution in [0.5, 0.6) is 0 Å². The zero-order valence-corrected chi connectivity index (χ0v) is 24.9. The molecule has 6 heterocycles. The molecule has 0 bridgehead atoms. The van der Waals surface area contributed by atoms with E-state index in [2.05, 4.69) is 41.4 Å². The SMILES string of the molecule is Cn1cc(-c2nc(Cl)cnc2C#N)cn1.Cn1cc(-c2nc(N3CCC4(CC3)NC(=O)OC4CC3CC3)cnc2C#N)cn1. The molecule has 1 saturated carbocycles. The Labute approximate surface area is 258 Å². The van der Waals surface area contributed by atoms with Crippen LogP contribution in [-0.2, 0) is 18.8 Å². The molecule has 14 nitrogen and oxygen atoms in total. The minimum Gasteiger partial charge on any atom is -0.444 e. The molecule has 1 aliphatic carbocycles. The molecule has 4 aromatic rings. The number of halogens is 1. The first-order valence-electron chi connectivity index (χ1n) is 14.2. The summed E-state index contributed by atoms with van der Waals surface area (Å²) < 4.78 is 8.92. The van der Waals surface area contributed by atoms with Gasteiger partial charge in [0, 0.05) is 50.7 Å². The molecule has 7 rings (SSSR count). The van der Waals surface area contributed by atoms with Gasteiger partial charge >= 0.3 is 6.09 Å². The fraction of sp³-hybridized carbons (Fsp3) is 0.414. The second-order valence-corrected chi connectivity index (χ2v) is 11.6. The second-order valence-electron chi connectivity index (χ2n) is 11.2. The molecule has 4 aromatic heterocycles. The highest BCUT2D eigenvalue weighted by molar-refractivity contribution is 6.29. The number of nitrogens with one attached hydrogen (secondary N) is 1. The molecule has 3 fully saturated rings. The molecule has 44 heavy (non-hydrogen) atoms. The molecule has 1 spiro atoms. The number of cyclic esters (lactones) is 1. The fourth-order valence-electron chi connectivity index (χ4n) is 5.62. The third kappa shape index (κ3) is 6.02. The van der Waals surface area contributed by atoms with E-state index in [9.17, 15) is 10.1 Å². The zero-order valence-electron chi connectivity index (χ0n) is 24.2. The van der Waals surface area contributed by atoms with E-state index in [0.717, 1.165) is 49.3 Å². The van der Waals surface area contributed by atoms with Gasteiger partial charge in [0.1, 0.15) is 40.6 Å². The van der Waals surface area contributed by atoms with Crippen LogP contribution in [0, 0.1) is 28.6 Å². The number of hydrogen-bond acceptors (Lipinski definition) is 11. The van der Waals surface area contributed by atoms with Crippen LogP contribution in [0.3, 0.4) is 0 Å². The van der Waals surface area contributed by atoms with E-state index in [0.29, 0.717) is 17.3 Å². The third-order valence-electron chi connectivity index (χ3n) is 8.11. The number of carbonyl (C=O) groups excluding carboxylic acids is 1. The zero-order chi connectivity index (χ0) is 30.8. The van der Waals surface area contributed by atoms with Gasteiger partial charge in [0.15, 0.2) is 11.4 Å². The first-order chi connectivity index (χ1) is 21.3. The predicted molar refractivity (Wildman–Crippen MR) is 158 cm³/mol. The smallest absolute Gasteiger partial charge is 0.408 e. The Hall–Kier alpha value is -5.08. The molecule has 1 unspecified atom stereocenters. The predicted octanol–water partition coefficient (Wildman–Crippen LogP) is 3.40. The Balaban J connectivity index is 0.000000193. The average Bonchev–Trinajstić information content (AvgIpc) is 3.42. The van der Waals surface area contributed by atoms with Gasteiger partial charge in [0.25, 0.3) is 0 Å². The van der Waals surface area contributed by atoms with Gasteiger partial charge in [-0.1, -0.05) is 24.4 Å². The summed E-state index contributed by atoms with van der Waals surface area (Å²) in [4.78, 5) is 31.1. The molecule has 2 aliphatic heterocycles. The average molecular weight is 613 g/mol. The quantitative estimate of drug-likeness (QED) is 0.349. The van der Waals surface area contributed by atoms with Crippen LogP contribution in [0.2, 0.25) is 5.15 Å². The maximum Gasteiger partial charge on any atom is 0.408 e. The van der Waals surface area contributed by atoms with Crippen molar-refractivity contribution in [1.82, 2.24) is 44.8 Å². The van der Waals surface area contributed by atoms with Gasteiger partial charge in [-0.15, -0.1) is 0 Å². The molecular formula is C29H29ClN12O2. The van der Waals surface area contributed by atoms with Crippen LogP contribution in [0.15, 0.2) is 37.2 Å². The monoisotopic (exact) mass is 612 g/mol. The van der Waals surface area contributed by atoms with Crippen LogP contribution in [-0.4, -0.2) is 70.3 Å². The lowest BCUT2D eigenvalue weighted by Gasteiger charge is -2.41. The number of rotatable bonds is 5. The summed E-state index contributed by atoms with van der Waals surface area (Å²) in [5, 5.41) is 29.8. The molecule has 1 amide bonds. The van der Waals surface area contributed by atoms with Gasteiger partial charge in [0.05, 0.1) is 30.3 Å². The van der Waals surface area contributed by atoms with Crippen LogP contribution < -0.4 is 10.2 Å². The Morgan fingerprint density at radius 3 is 2.09 bits per heavy atom. The first kappa shape index (κ1) is 29.0. The summed E-state index contributed by atoms with van der Waals surface area (Å²) in [6.45, 7) is 1.50. The Kier molecular flexibility index (Phi) is 7.84. The van der Waals surface area contributed by atoms with E-state index in [4.69, 9.17) is 26.6 Å². The van der Waals surface area contributed by atoms with E-state index in [1.54, 1.807) is 41.2 Å². The van der Waals surface area contributed by atoms with Crippen molar-refractivity contribution in [3.05, 3.63) is 53.7 Å². The van der Waals surface area contributed by atoms with Crippen molar-refractivity contribution in [3.8, 4) is 34.7 Å². The van der Waals surface area contributed by atoms with Crippen LogP contribution in [0.25, 0.3) is 22.5 Å². The van der Waals surface area contributed by atoms with Gasteiger partial charge in [0.2, 0.25) is 0 Å². The fourth-order valence-corrected chi connectivity index (χ4v) is 5.75. The van der Waals surface area contributed by atoms with E-state index < -0.39 is 0 Å². The van der Waals surface area contributed by atoms with Crippen molar-refractivity contribution in [1.29, 1.82) is 10.5 Å². The molecule has 3 aliphatic rings. The molecule has 224 valence electrons. The molecule has 2 saturated heterocycles. The molecule has 0 radical (unpaired) electrons. The van der Waals surface area contributed by atoms with Crippen molar-refractivity contribution in [2.75, 3.05) is 18.0 Å². The van der Waals surface area contributed by atoms with Crippen LogP contribution >= 0.6 is 11.6 Å². The third-order valence-corrected chi connectivity index (χ3v) is 8.29. The molecule has 1 atom stereocenters. The largest absolute Gasteiger partial charge is 0.444 e. The summed E-state index contributed by atoms with van der Waals surface area (Å²) in [6.07, 6.45) is 14.6. The lowest BCUT2D eigenvalue weighted by molar-refractivity contribution is 0.0855. The number of amides is 1. The maximum absolute atomic E-state index is 11.9. The number of alkyl carbamates (subject to hydrolysis) is 1. The van der Waals surface area contributed by atoms with E-state index in [1.807, 2.05) is 19.3 Å². The number of hydrogen-bond donors (Lipinski definition) is 1. The summed E-state index contributed by atoms with van der Waals surface area (Å²) in [6, 6.07) is 4.08. The van der Waals surface area contributed by atoms with Gasteiger partial charge < -0.3 is 15.0 Å². The van der Waals surface area contributed by atoms with Crippen LogP contribution in [0.4, 0.5) is 10.6 Å². The normalized spacial score (nSPS) is 18.5. The Morgan fingerprint density at radius 1 is 0.955 bits per heavy atom. The number of aryl methyl sites for hydroxylation is 2. The Bertz CT molecular complexity index is 1780. The van der Waals surface area contributed by atoms with Crippen molar-refractivity contribution < 1.29 is 9.53 Å². The van der Waals surface area contributed by atoms with Gasteiger partial charge in [-0.2, -0.15) is 20.7 Å². The lowest BCUT2D eigenvalue weighted by Crippen LogP contribution is -2.56. The van der Waals surface area contributed by atoms with Gasteiger partial charge in [-0.05, 0) is 25.2 Å². The van der Waals surface area contributed by atoms with Crippen LogP contribution in [0.1, 0.15) is 43.5 Å². The van der Waals surface area contributed by atoms with Crippen molar-refractivity contribution in [2.24, 2.45) is 20.0 Å². The summed E-state index contributed by atoms with van der Waals surface area (Å²) in [5.74, 6) is 1.44. The number of nitriles is 2. The minimum absolute atomic E-state index is 0.0392. The Morgan fingerprint density at radius 2 is 1.55 bits per heavy atom. The first-order valence-corrected chi connectivity index (χ1v) is 14.6. The minimum atomic E-state index is -0.291. The summed E-state index contributed by atoms with van der Waals surface area (Å²) >= 11 is 5.72. The molecule has 15 heteroatoms. The highest BCUT2D eigenvalue weighted by atomic mass is 35.5. The standard InChI is InChI=1S/C20H23N7O2.C9H6ClN5/c1-26-12-14(10-23-26)18-15(9-21)22-11-17(24-18)27-6-4-20(5-7-27)16(8-13-2-3-13)29-19(28)25-20;1-15-5-6(3-13-15)9-7(2-11)12-4-8(10)14-9/h10-13,16H,2-8H2,1H3,(H,25,28);3-5H,1H3. The number of nitrogens with zero attached hydrogens (tertiary/aromatic N) is 11. The topological polar surface area (TPSA) is 176 Å². The van der Waals surface area contributed by atoms with Gasteiger partial charge in [-0.3, -0.25) is 9.36 Å². The highest BCUT2D eigenvalue weighted by Gasteiger charge is 2.51. The number of ether oxygens (including phenoxy) is 1. The van der Waals surface area contributed by atoms with Crippen molar-refractivity contribution >= 4 is 23.5 Å². The van der Waals surface area contributed by atoms with E-state index in [-0.39, 0.29) is 34.3 Å². The number of anilines is 1. The number of aromatic nitrogens is 8.